The van der Waals surface area contributed by atoms with Gasteiger partial charge in [-0.15, -0.1) is 0 Å². The summed E-state index contributed by atoms with van der Waals surface area (Å²) in [6, 6.07) is 19.4. The maximum atomic E-state index is 12.3. The van der Waals surface area contributed by atoms with Gasteiger partial charge in [0.05, 0.1) is 7.11 Å². The van der Waals surface area contributed by atoms with Gasteiger partial charge in [0.2, 0.25) is 0 Å². The van der Waals surface area contributed by atoms with E-state index in [1.807, 2.05) is 11.0 Å². The van der Waals surface area contributed by atoms with Crippen molar-refractivity contribution in [3.05, 3.63) is 60.2 Å². The molecule has 3 nitrogen and oxygen atoms in total. The van der Waals surface area contributed by atoms with E-state index >= 15 is 0 Å². The maximum absolute atomic E-state index is 12.3. The molecule has 3 heteroatoms. The van der Waals surface area contributed by atoms with Crippen LogP contribution in [0.5, 0.6) is 0 Å². The van der Waals surface area contributed by atoms with Crippen molar-refractivity contribution in [1.82, 2.24) is 4.90 Å². The zero-order valence-electron chi connectivity index (χ0n) is 15.9. The smallest absolute Gasteiger partial charge is 0.409 e. The first kappa shape index (κ1) is 18.5. The SMILES string of the molecule is CCCC1CCCN(C(=O)OC)[C@H]1Cc1cccc(-c2ccccc2)c1. The van der Waals surface area contributed by atoms with Gasteiger partial charge in [-0.25, -0.2) is 4.79 Å². The molecule has 0 N–H and O–H groups in total. The molecule has 0 spiro atoms. The number of methoxy groups -OCH3 is 1. The third kappa shape index (κ3) is 4.27. The first-order valence-corrected chi connectivity index (χ1v) is 9.72. The number of rotatable bonds is 5. The predicted molar refractivity (Wildman–Crippen MR) is 106 cm³/mol. The Hall–Kier alpha value is -2.29. The Morgan fingerprint density at radius 2 is 1.88 bits per heavy atom. The van der Waals surface area contributed by atoms with Crippen molar-refractivity contribution >= 4 is 6.09 Å². The molecule has 1 aliphatic heterocycles. The zero-order valence-corrected chi connectivity index (χ0v) is 15.9. The molecule has 1 amide bonds. The van der Waals surface area contributed by atoms with Crippen LogP contribution in [0.25, 0.3) is 11.1 Å². The van der Waals surface area contributed by atoms with Crippen LogP contribution in [0.2, 0.25) is 0 Å². The summed E-state index contributed by atoms with van der Waals surface area (Å²) in [5, 5.41) is 0. The van der Waals surface area contributed by atoms with E-state index in [0.29, 0.717) is 5.92 Å². The fourth-order valence-electron chi connectivity index (χ4n) is 4.21. The standard InChI is InChI=1S/C23H29NO2/c1-3-9-20-14-8-15-24(23(25)26-2)22(20)17-18-10-7-13-21(16-18)19-11-5-4-6-12-19/h4-7,10-13,16,20,22H,3,8-9,14-15,17H2,1-2H3/t20?,22-/m0/s1. The molecule has 138 valence electrons. The molecule has 0 aromatic heterocycles. The average molecular weight is 351 g/mol. The van der Waals surface area contributed by atoms with Crippen molar-refractivity contribution in [1.29, 1.82) is 0 Å². The van der Waals surface area contributed by atoms with E-state index in [0.717, 1.165) is 32.2 Å². The Morgan fingerprint density at radius 1 is 1.12 bits per heavy atom. The molecular weight excluding hydrogens is 322 g/mol. The Labute approximate surface area is 157 Å². The van der Waals surface area contributed by atoms with Crippen molar-refractivity contribution < 1.29 is 9.53 Å². The quantitative estimate of drug-likeness (QED) is 0.707. The van der Waals surface area contributed by atoms with E-state index < -0.39 is 0 Å². The number of benzene rings is 2. The summed E-state index contributed by atoms with van der Waals surface area (Å²) in [4.78, 5) is 14.3. The number of carbonyl (C=O) groups is 1. The molecule has 2 aromatic rings. The van der Waals surface area contributed by atoms with E-state index in [9.17, 15) is 4.79 Å². The third-order valence-corrected chi connectivity index (χ3v) is 5.47. The predicted octanol–water partition coefficient (Wildman–Crippen LogP) is 5.54. The number of ether oxygens (including phenoxy) is 1. The van der Waals surface area contributed by atoms with Crippen LogP contribution < -0.4 is 0 Å². The van der Waals surface area contributed by atoms with Crippen LogP contribution in [0.15, 0.2) is 54.6 Å². The van der Waals surface area contributed by atoms with Crippen LogP contribution in [-0.2, 0) is 11.2 Å². The van der Waals surface area contributed by atoms with Gasteiger partial charge in [0.25, 0.3) is 0 Å². The second-order valence-corrected chi connectivity index (χ2v) is 7.19. The van der Waals surface area contributed by atoms with Crippen molar-refractivity contribution in [2.24, 2.45) is 5.92 Å². The molecule has 1 unspecified atom stereocenters. The molecule has 1 heterocycles. The van der Waals surface area contributed by atoms with E-state index in [2.05, 4.69) is 55.5 Å². The van der Waals surface area contributed by atoms with Gasteiger partial charge in [0, 0.05) is 12.6 Å². The van der Waals surface area contributed by atoms with Crippen LogP contribution in [0.3, 0.4) is 0 Å². The lowest BCUT2D eigenvalue weighted by Crippen LogP contribution is -2.49. The molecule has 0 radical (unpaired) electrons. The molecule has 0 bridgehead atoms. The van der Waals surface area contributed by atoms with Crippen molar-refractivity contribution in [2.75, 3.05) is 13.7 Å². The first-order chi connectivity index (χ1) is 12.7. The summed E-state index contributed by atoms with van der Waals surface area (Å²) in [7, 11) is 1.48. The molecule has 26 heavy (non-hydrogen) atoms. The number of amides is 1. The minimum atomic E-state index is -0.185. The molecule has 3 rings (SSSR count). The normalized spacial score (nSPS) is 20.0. The summed E-state index contributed by atoms with van der Waals surface area (Å²) in [6.07, 6.45) is 5.29. The highest BCUT2D eigenvalue weighted by Crippen LogP contribution is 2.31. The van der Waals surface area contributed by atoms with E-state index in [4.69, 9.17) is 4.74 Å². The minimum Gasteiger partial charge on any atom is -0.453 e. The fraction of sp³-hybridized carbons (Fsp3) is 0.435. The van der Waals surface area contributed by atoms with Gasteiger partial charge in [-0.1, -0.05) is 67.9 Å². The van der Waals surface area contributed by atoms with Crippen molar-refractivity contribution in [3.63, 3.8) is 0 Å². The fourth-order valence-corrected chi connectivity index (χ4v) is 4.21. The van der Waals surface area contributed by atoms with Gasteiger partial charge in [-0.3, -0.25) is 0 Å². The molecule has 2 aromatic carbocycles. The zero-order chi connectivity index (χ0) is 18.4. The number of nitrogens with zero attached hydrogens (tertiary/aromatic N) is 1. The van der Waals surface area contributed by atoms with Gasteiger partial charge in [-0.05, 0) is 48.3 Å². The number of piperidine rings is 1. The highest BCUT2D eigenvalue weighted by atomic mass is 16.5. The van der Waals surface area contributed by atoms with Gasteiger partial charge in [-0.2, -0.15) is 0 Å². The Kier molecular flexibility index (Phi) is 6.32. The van der Waals surface area contributed by atoms with Crippen molar-refractivity contribution in [3.8, 4) is 11.1 Å². The van der Waals surface area contributed by atoms with E-state index in [1.165, 1.54) is 30.2 Å². The molecule has 0 saturated carbocycles. The molecule has 2 atom stereocenters. The lowest BCUT2D eigenvalue weighted by atomic mass is 9.82. The van der Waals surface area contributed by atoms with Gasteiger partial charge in [0.15, 0.2) is 0 Å². The number of likely N-dealkylation sites (tertiary alicyclic amines) is 1. The maximum Gasteiger partial charge on any atom is 0.409 e. The molecule has 0 aliphatic carbocycles. The van der Waals surface area contributed by atoms with Gasteiger partial charge < -0.3 is 9.64 Å². The summed E-state index contributed by atoms with van der Waals surface area (Å²) >= 11 is 0. The van der Waals surface area contributed by atoms with Gasteiger partial charge in [0.1, 0.15) is 0 Å². The van der Waals surface area contributed by atoms with Crippen LogP contribution in [-0.4, -0.2) is 30.7 Å². The Morgan fingerprint density at radius 3 is 2.62 bits per heavy atom. The number of carbonyl (C=O) groups excluding carboxylic acids is 1. The molecular formula is C23H29NO2. The van der Waals surface area contributed by atoms with Gasteiger partial charge >= 0.3 is 6.09 Å². The third-order valence-electron chi connectivity index (χ3n) is 5.47. The summed E-state index contributed by atoms with van der Waals surface area (Å²) in [5.41, 5.74) is 3.75. The Balaban J connectivity index is 1.84. The largest absolute Gasteiger partial charge is 0.453 e. The van der Waals surface area contributed by atoms with Crippen molar-refractivity contribution in [2.45, 2.75) is 45.1 Å². The second kappa shape index (κ2) is 8.88. The van der Waals surface area contributed by atoms with Crippen LogP contribution >= 0.6 is 0 Å². The topological polar surface area (TPSA) is 29.5 Å². The monoisotopic (exact) mass is 351 g/mol. The highest BCUT2D eigenvalue weighted by molar-refractivity contribution is 5.68. The average Bonchev–Trinajstić information content (AvgIpc) is 2.70. The van der Waals surface area contributed by atoms with Crippen LogP contribution in [0.1, 0.15) is 38.2 Å². The number of hydrogen-bond donors (Lipinski definition) is 0. The first-order valence-electron chi connectivity index (χ1n) is 9.72. The lowest BCUT2D eigenvalue weighted by molar-refractivity contribution is 0.0627. The second-order valence-electron chi connectivity index (χ2n) is 7.19. The van der Waals surface area contributed by atoms with Crippen LogP contribution in [0.4, 0.5) is 4.79 Å². The summed E-state index contributed by atoms with van der Waals surface area (Å²) in [6.45, 7) is 3.03. The lowest BCUT2D eigenvalue weighted by Gasteiger charge is -2.40. The van der Waals surface area contributed by atoms with E-state index in [1.54, 1.807) is 0 Å². The molecule has 1 saturated heterocycles. The van der Waals surface area contributed by atoms with E-state index in [-0.39, 0.29) is 12.1 Å². The summed E-state index contributed by atoms with van der Waals surface area (Å²) < 4.78 is 5.06. The number of hydrogen-bond acceptors (Lipinski definition) is 2. The highest BCUT2D eigenvalue weighted by Gasteiger charge is 2.34. The summed E-state index contributed by atoms with van der Waals surface area (Å²) in [5.74, 6) is 0.549. The van der Waals surface area contributed by atoms with Crippen LogP contribution in [0, 0.1) is 5.92 Å². The Bertz CT molecular complexity index is 711. The minimum absolute atomic E-state index is 0.185. The molecule has 1 aliphatic rings. The molecule has 1 fully saturated rings.